The lowest BCUT2D eigenvalue weighted by molar-refractivity contribution is 0.308. The zero-order valence-electron chi connectivity index (χ0n) is 29.8. The number of rotatable bonds is 0. The van der Waals surface area contributed by atoms with E-state index in [4.69, 9.17) is 0 Å². The van der Waals surface area contributed by atoms with Crippen molar-refractivity contribution in [2.75, 3.05) is 0 Å². The standard InChI is InChI=1S/4C8H16.C8H10.CH4.B/c5*1-7-3-5-8(2)6-4-7;;/h4*7-8H,3-6H2,1-2H3;3-6H,1-2H3;1H4;. The molecule has 0 N–H and O–H groups in total. The smallest absolute Gasteiger partial charge is 0 e. The van der Waals surface area contributed by atoms with Gasteiger partial charge in [-0.25, -0.2) is 0 Å². The molecule has 1 aromatic rings. The van der Waals surface area contributed by atoms with E-state index in [1.165, 1.54) is 114 Å². The topological polar surface area (TPSA) is 0 Å². The molecule has 4 fully saturated rings. The summed E-state index contributed by atoms with van der Waals surface area (Å²) in [5.41, 5.74) is 2.66. The molecule has 4 aliphatic rings. The van der Waals surface area contributed by atoms with Crippen LogP contribution in [0.2, 0.25) is 0 Å². The van der Waals surface area contributed by atoms with E-state index in [1.807, 2.05) is 0 Å². The van der Waals surface area contributed by atoms with Crippen molar-refractivity contribution in [3.63, 3.8) is 0 Å². The molecule has 0 aliphatic heterocycles. The van der Waals surface area contributed by atoms with Crippen molar-refractivity contribution in [2.45, 2.75) is 179 Å². The van der Waals surface area contributed by atoms with Gasteiger partial charge in [-0.1, -0.05) is 201 Å². The molecular formula is C41H78B. The molecule has 0 unspecified atom stereocenters. The van der Waals surface area contributed by atoms with E-state index >= 15 is 0 Å². The van der Waals surface area contributed by atoms with Gasteiger partial charge in [0.15, 0.2) is 0 Å². The van der Waals surface area contributed by atoms with Crippen molar-refractivity contribution in [2.24, 2.45) is 47.3 Å². The van der Waals surface area contributed by atoms with Gasteiger partial charge in [-0.05, 0) is 61.2 Å². The lowest BCUT2D eigenvalue weighted by Gasteiger charge is -2.22. The van der Waals surface area contributed by atoms with Gasteiger partial charge in [-0.3, -0.25) is 0 Å². The van der Waals surface area contributed by atoms with Crippen LogP contribution in [0.25, 0.3) is 0 Å². The van der Waals surface area contributed by atoms with Crippen LogP contribution in [0.4, 0.5) is 0 Å². The third kappa shape index (κ3) is 23.7. The Bertz CT molecular complexity index is 535. The third-order valence-electron chi connectivity index (χ3n) is 10.4. The van der Waals surface area contributed by atoms with Crippen LogP contribution in [-0.4, -0.2) is 8.41 Å². The van der Waals surface area contributed by atoms with E-state index in [0.717, 1.165) is 47.3 Å². The minimum Gasteiger partial charge on any atom is -0.0776 e. The van der Waals surface area contributed by atoms with E-state index in [-0.39, 0.29) is 15.8 Å². The molecule has 0 amide bonds. The summed E-state index contributed by atoms with van der Waals surface area (Å²) >= 11 is 0. The van der Waals surface area contributed by atoms with Crippen LogP contribution < -0.4 is 0 Å². The van der Waals surface area contributed by atoms with E-state index < -0.39 is 0 Å². The van der Waals surface area contributed by atoms with Crippen LogP contribution in [0.1, 0.15) is 177 Å². The van der Waals surface area contributed by atoms with Crippen LogP contribution >= 0.6 is 0 Å². The van der Waals surface area contributed by atoms with Crippen molar-refractivity contribution in [1.82, 2.24) is 0 Å². The number of hydrogen-bond acceptors (Lipinski definition) is 0. The molecule has 0 saturated heterocycles. The SMILES string of the molecule is C.CC1CCC(C)CC1.CC1CCC(C)CC1.CC1CCC(C)CC1.CC1CCC(C)CC1.Cc1ccc(C)cc1.[B]. The second-order valence-electron chi connectivity index (χ2n) is 15.6. The zero-order chi connectivity index (χ0) is 29.9. The van der Waals surface area contributed by atoms with Crippen LogP contribution in [0.15, 0.2) is 24.3 Å². The highest BCUT2D eigenvalue weighted by Gasteiger charge is 2.15. The maximum atomic E-state index is 2.37. The summed E-state index contributed by atoms with van der Waals surface area (Å²) in [7, 11) is 0. The Morgan fingerprint density at radius 1 is 0.310 bits per heavy atom. The number of hydrogen-bond donors (Lipinski definition) is 0. The first-order chi connectivity index (χ1) is 18.9. The summed E-state index contributed by atoms with van der Waals surface area (Å²) < 4.78 is 0. The van der Waals surface area contributed by atoms with Gasteiger partial charge in [0, 0.05) is 8.41 Å². The highest BCUT2D eigenvalue weighted by atomic mass is 14.2. The number of aryl methyl sites for hydroxylation is 2. The summed E-state index contributed by atoms with van der Waals surface area (Å²) in [6.07, 6.45) is 23.6. The molecule has 3 radical (unpaired) electrons. The molecule has 4 saturated carbocycles. The molecule has 0 atom stereocenters. The molecule has 1 aromatic carbocycles. The van der Waals surface area contributed by atoms with Gasteiger partial charge >= 0.3 is 0 Å². The van der Waals surface area contributed by atoms with Gasteiger partial charge < -0.3 is 0 Å². The van der Waals surface area contributed by atoms with E-state index in [9.17, 15) is 0 Å². The van der Waals surface area contributed by atoms with Crippen molar-refractivity contribution in [1.29, 1.82) is 0 Å². The molecule has 0 nitrogen and oxygen atoms in total. The first-order valence-electron chi connectivity index (χ1n) is 18.0. The van der Waals surface area contributed by atoms with E-state index in [2.05, 4.69) is 93.5 Å². The lowest BCUT2D eigenvalue weighted by atomic mass is 9.84. The molecule has 0 spiro atoms. The van der Waals surface area contributed by atoms with Crippen molar-refractivity contribution < 1.29 is 0 Å². The molecular weight excluding hydrogens is 503 g/mol. The Morgan fingerprint density at radius 2 is 0.405 bits per heavy atom. The fraction of sp³-hybridized carbons (Fsp3) is 0.854. The Kier molecular flexibility index (Phi) is 26.5. The highest BCUT2D eigenvalue weighted by molar-refractivity contribution is 5.75. The Hall–Kier alpha value is -0.715. The largest absolute Gasteiger partial charge is 0.0776 e. The maximum absolute atomic E-state index is 2.37. The van der Waals surface area contributed by atoms with Gasteiger partial charge in [-0.15, -0.1) is 0 Å². The van der Waals surface area contributed by atoms with Crippen molar-refractivity contribution in [3.8, 4) is 0 Å². The van der Waals surface area contributed by atoms with Gasteiger partial charge in [0.05, 0.1) is 0 Å². The zero-order valence-corrected chi connectivity index (χ0v) is 29.8. The summed E-state index contributed by atoms with van der Waals surface area (Å²) in [5, 5.41) is 0. The molecule has 0 aromatic heterocycles. The molecule has 0 bridgehead atoms. The van der Waals surface area contributed by atoms with Gasteiger partial charge in [0.2, 0.25) is 0 Å². The summed E-state index contributed by atoms with van der Waals surface area (Å²) in [6, 6.07) is 8.48. The van der Waals surface area contributed by atoms with Gasteiger partial charge in [0.25, 0.3) is 0 Å². The van der Waals surface area contributed by atoms with E-state index in [1.54, 1.807) is 0 Å². The van der Waals surface area contributed by atoms with Crippen LogP contribution in [0.3, 0.4) is 0 Å². The molecule has 245 valence electrons. The number of benzene rings is 1. The minimum absolute atomic E-state index is 0. The Labute approximate surface area is 270 Å². The van der Waals surface area contributed by atoms with Gasteiger partial charge in [0.1, 0.15) is 0 Å². The minimum atomic E-state index is 0. The predicted octanol–water partition coefficient (Wildman–Crippen LogP) is 13.9. The van der Waals surface area contributed by atoms with Crippen LogP contribution in [-0.2, 0) is 0 Å². The van der Waals surface area contributed by atoms with E-state index in [0.29, 0.717) is 0 Å². The monoisotopic (exact) mass is 582 g/mol. The van der Waals surface area contributed by atoms with Crippen molar-refractivity contribution >= 4 is 8.41 Å². The lowest BCUT2D eigenvalue weighted by Crippen LogP contribution is -2.08. The quantitative estimate of drug-likeness (QED) is 0.267. The predicted molar refractivity (Wildman–Crippen MR) is 196 cm³/mol. The van der Waals surface area contributed by atoms with Crippen LogP contribution in [0.5, 0.6) is 0 Å². The fourth-order valence-electron chi connectivity index (χ4n) is 6.34. The first kappa shape index (κ1) is 43.4. The fourth-order valence-corrected chi connectivity index (χ4v) is 6.34. The molecule has 5 rings (SSSR count). The Morgan fingerprint density at radius 3 is 0.500 bits per heavy atom. The average molecular weight is 582 g/mol. The maximum Gasteiger partial charge on any atom is 0 e. The Balaban J connectivity index is 0. The normalized spacial score (nSPS) is 32.0. The molecule has 1 heteroatoms. The van der Waals surface area contributed by atoms with Crippen LogP contribution in [0, 0.1) is 61.2 Å². The second kappa shape index (κ2) is 25.6. The average Bonchev–Trinajstić information content (AvgIpc) is 2.94. The van der Waals surface area contributed by atoms with Gasteiger partial charge in [-0.2, -0.15) is 0 Å². The summed E-state index contributed by atoms with van der Waals surface area (Å²) in [4.78, 5) is 0. The molecule has 4 aliphatic carbocycles. The second-order valence-corrected chi connectivity index (χ2v) is 15.6. The van der Waals surface area contributed by atoms with Crippen molar-refractivity contribution in [3.05, 3.63) is 35.4 Å². The molecule has 42 heavy (non-hydrogen) atoms. The summed E-state index contributed by atoms with van der Waals surface area (Å²) in [5.74, 6) is 8.16. The highest BCUT2D eigenvalue weighted by Crippen LogP contribution is 2.29. The summed E-state index contributed by atoms with van der Waals surface area (Å²) in [6.45, 7) is 23.1. The first-order valence-corrected chi connectivity index (χ1v) is 18.0. The molecule has 0 heterocycles. The third-order valence-corrected chi connectivity index (χ3v) is 10.4.